The molecule has 1 amide bonds. The van der Waals surface area contributed by atoms with Gasteiger partial charge in [0.05, 0.1) is 54.0 Å². The van der Waals surface area contributed by atoms with Gasteiger partial charge in [-0.2, -0.15) is 0 Å². The van der Waals surface area contributed by atoms with E-state index in [1.807, 2.05) is 62.4 Å². The van der Waals surface area contributed by atoms with Crippen molar-refractivity contribution < 1.29 is 4.79 Å². The third kappa shape index (κ3) is 6.11. The summed E-state index contributed by atoms with van der Waals surface area (Å²) in [6, 6.07) is 17.7. The molecule has 4 heterocycles. The average Bonchev–Trinajstić information content (AvgIpc) is 3.79. The molecule has 1 aliphatic rings. The number of nitrogens with zero attached hydrogens (tertiary/aromatic N) is 6. The Morgan fingerprint density at radius 3 is 2.26 bits per heavy atom. The SMILES string of the molecule is C[C@H](NC(=O)[C@@H](c1ccccc1)N(C)C)c1ncc(-c2cnc(-c3ccc(-c4cnc([C@@H]5CCCN5C)[nH]4)cc3)cn2)[nH]1. The number of hydrogen-bond donors (Lipinski definition) is 3. The molecular formula is C33H37N9O. The highest BCUT2D eigenvalue weighted by molar-refractivity contribution is 5.83. The standard InChI is InChI=1S/C33H37N9O/c1-21(38-33(43)30(41(2)3)24-9-6-5-7-10-24)31-36-20-28(40-31)27-19-34-25(17-35-27)22-12-14-23(15-13-22)26-18-37-32(39-26)29-11-8-16-42(29)4/h5-7,9-10,12-15,17-21,29-30H,8,11,16H2,1-4H3,(H,36,40)(H,37,39)(H,38,43)/t21-,29-,30+/m0/s1. The average molecular weight is 576 g/mol. The number of likely N-dealkylation sites (N-methyl/N-ethyl adjacent to an activating group) is 1. The van der Waals surface area contributed by atoms with Gasteiger partial charge in [-0.1, -0.05) is 54.6 Å². The number of aromatic amines is 2. The minimum Gasteiger partial charge on any atom is -0.345 e. The molecule has 0 unspecified atom stereocenters. The van der Waals surface area contributed by atoms with Gasteiger partial charge in [-0.25, -0.2) is 9.97 Å². The fraction of sp³-hybridized carbons (Fsp3) is 0.303. The zero-order chi connectivity index (χ0) is 29.9. The van der Waals surface area contributed by atoms with Crippen LogP contribution < -0.4 is 5.32 Å². The molecular weight excluding hydrogens is 538 g/mol. The second-order valence-corrected chi connectivity index (χ2v) is 11.4. The molecule has 6 rings (SSSR count). The highest BCUT2D eigenvalue weighted by atomic mass is 16.2. The predicted octanol–water partition coefficient (Wildman–Crippen LogP) is 5.17. The number of nitrogens with one attached hydrogen (secondary N) is 3. The Balaban J connectivity index is 1.10. The van der Waals surface area contributed by atoms with Crippen molar-refractivity contribution in [1.29, 1.82) is 0 Å². The van der Waals surface area contributed by atoms with Gasteiger partial charge in [-0.15, -0.1) is 0 Å². The fourth-order valence-corrected chi connectivity index (χ4v) is 5.71. The summed E-state index contributed by atoms with van der Waals surface area (Å²) < 4.78 is 0. The molecule has 1 saturated heterocycles. The Hall–Kier alpha value is -4.67. The molecule has 0 spiro atoms. The van der Waals surface area contributed by atoms with Gasteiger partial charge in [0, 0.05) is 5.56 Å². The first-order valence-electron chi connectivity index (χ1n) is 14.6. The lowest BCUT2D eigenvalue weighted by atomic mass is 10.0. The Morgan fingerprint density at radius 1 is 0.884 bits per heavy atom. The van der Waals surface area contributed by atoms with E-state index in [0.717, 1.165) is 52.6 Å². The lowest BCUT2D eigenvalue weighted by Crippen LogP contribution is -2.38. The van der Waals surface area contributed by atoms with Crippen molar-refractivity contribution in [3.05, 3.63) is 96.6 Å². The zero-order valence-corrected chi connectivity index (χ0v) is 25.0. The molecule has 220 valence electrons. The lowest BCUT2D eigenvalue weighted by molar-refractivity contribution is -0.126. The van der Waals surface area contributed by atoms with E-state index in [0.29, 0.717) is 17.6 Å². The van der Waals surface area contributed by atoms with Gasteiger partial charge >= 0.3 is 0 Å². The molecule has 0 saturated carbocycles. The summed E-state index contributed by atoms with van der Waals surface area (Å²) in [5, 5.41) is 3.09. The van der Waals surface area contributed by atoms with E-state index in [1.165, 1.54) is 6.42 Å². The second kappa shape index (κ2) is 12.3. The smallest absolute Gasteiger partial charge is 0.242 e. The minimum absolute atomic E-state index is 0.0915. The van der Waals surface area contributed by atoms with Gasteiger partial charge < -0.3 is 15.3 Å². The van der Waals surface area contributed by atoms with Gasteiger partial charge in [0.2, 0.25) is 5.91 Å². The van der Waals surface area contributed by atoms with Crippen LogP contribution in [0.1, 0.15) is 55.1 Å². The summed E-state index contributed by atoms with van der Waals surface area (Å²) in [5.41, 5.74) is 6.21. The first kappa shape index (κ1) is 28.4. The highest BCUT2D eigenvalue weighted by Crippen LogP contribution is 2.30. The van der Waals surface area contributed by atoms with Crippen LogP contribution >= 0.6 is 0 Å². The fourth-order valence-electron chi connectivity index (χ4n) is 5.71. The zero-order valence-electron chi connectivity index (χ0n) is 25.0. The molecule has 2 aromatic carbocycles. The monoisotopic (exact) mass is 575 g/mol. The molecule has 0 aliphatic carbocycles. The third-order valence-corrected chi connectivity index (χ3v) is 8.10. The Bertz CT molecular complexity index is 1660. The Labute approximate surface area is 251 Å². The van der Waals surface area contributed by atoms with Crippen molar-refractivity contribution >= 4 is 5.91 Å². The number of rotatable bonds is 9. The van der Waals surface area contributed by atoms with E-state index in [2.05, 4.69) is 71.4 Å². The molecule has 0 bridgehead atoms. The molecule has 5 aromatic rings. The van der Waals surface area contributed by atoms with E-state index < -0.39 is 6.04 Å². The number of aromatic nitrogens is 6. The van der Waals surface area contributed by atoms with E-state index in [-0.39, 0.29) is 11.9 Å². The van der Waals surface area contributed by atoms with Crippen LogP contribution in [0, 0.1) is 0 Å². The van der Waals surface area contributed by atoms with Gasteiger partial charge in [-0.3, -0.25) is 24.6 Å². The summed E-state index contributed by atoms with van der Waals surface area (Å²) >= 11 is 0. The van der Waals surface area contributed by atoms with E-state index in [1.54, 1.807) is 18.6 Å². The maximum absolute atomic E-state index is 13.2. The number of carbonyl (C=O) groups is 1. The van der Waals surface area contributed by atoms with Crippen LogP contribution in [-0.2, 0) is 4.79 Å². The van der Waals surface area contributed by atoms with Crippen molar-refractivity contribution in [3.63, 3.8) is 0 Å². The second-order valence-electron chi connectivity index (χ2n) is 11.4. The van der Waals surface area contributed by atoms with E-state index >= 15 is 0 Å². The quantitative estimate of drug-likeness (QED) is 0.222. The number of benzene rings is 2. The van der Waals surface area contributed by atoms with Crippen LogP contribution in [0.5, 0.6) is 0 Å². The number of likely N-dealkylation sites (tertiary alicyclic amines) is 1. The molecule has 0 radical (unpaired) electrons. The summed E-state index contributed by atoms with van der Waals surface area (Å²) in [6.45, 7) is 3.02. The summed E-state index contributed by atoms with van der Waals surface area (Å²) in [5.74, 6) is 1.59. The molecule has 1 fully saturated rings. The molecule has 1 aliphatic heterocycles. The van der Waals surface area contributed by atoms with Crippen LogP contribution in [0.15, 0.2) is 79.4 Å². The van der Waals surface area contributed by atoms with Crippen molar-refractivity contribution in [1.82, 2.24) is 45.0 Å². The number of H-pyrrole nitrogens is 2. The Morgan fingerprint density at radius 2 is 1.58 bits per heavy atom. The highest BCUT2D eigenvalue weighted by Gasteiger charge is 2.26. The van der Waals surface area contributed by atoms with E-state index in [4.69, 9.17) is 0 Å². The lowest BCUT2D eigenvalue weighted by Gasteiger charge is -2.25. The number of imidazole rings is 2. The van der Waals surface area contributed by atoms with Gasteiger partial charge in [0.25, 0.3) is 0 Å². The Kier molecular flexibility index (Phi) is 8.13. The molecule has 10 nitrogen and oxygen atoms in total. The molecule has 10 heteroatoms. The normalized spacial score (nSPS) is 16.8. The minimum atomic E-state index is -0.401. The van der Waals surface area contributed by atoms with Crippen molar-refractivity contribution in [2.24, 2.45) is 0 Å². The van der Waals surface area contributed by atoms with Crippen LogP contribution in [0.3, 0.4) is 0 Å². The predicted molar refractivity (Wildman–Crippen MR) is 167 cm³/mol. The van der Waals surface area contributed by atoms with Crippen LogP contribution in [0.4, 0.5) is 0 Å². The van der Waals surface area contributed by atoms with Crippen LogP contribution in [-0.4, -0.2) is 73.3 Å². The topological polar surface area (TPSA) is 119 Å². The maximum Gasteiger partial charge on any atom is 0.242 e. The van der Waals surface area contributed by atoms with Gasteiger partial charge in [0.1, 0.15) is 23.4 Å². The van der Waals surface area contributed by atoms with Gasteiger partial charge in [0.15, 0.2) is 0 Å². The summed E-state index contributed by atoms with van der Waals surface area (Å²) in [7, 11) is 5.95. The summed E-state index contributed by atoms with van der Waals surface area (Å²) in [6.07, 6.45) is 9.48. The molecule has 3 atom stereocenters. The summed E-state index contributed by atoms with van der Waals surface area (Å²) in [4.78, 5) is 42.7. The van der Waals surface area contributed by atoms with Gasteiger partial charge in [-0.05, 0) is 58.6 Å². The molecule has 3 aromatic heterocycles. The molecule has 43 heavy (non-hydrogen) atoms. The maximum atomic E-state index is 13.2. The van der Waals surface area contributed by atoms with E-state index in [9.17, 15) is 4.79 Å². The number of amides is 1. The van der Waals surface area contributed by atoms with Crippen LogP contribution in [0.25, 0.3) is 33.9 Å². The van der Waals surface area contributed by atoms with Crippen molar-refractivity contribution in [2.75, 3.05) is 27.7 Å². The first-order valence-corrected chi connectivity index (χ1v) is 14.6. The number of hydrogen-bond acceptors (Lipinski definition) is 7. The molecule has 3 N–H and O–H groups in total. The first-order chi connectivity index (χ1) is 20.9. The third-order valence-electron chi connectivity index (χ3n) is 8.10. The van der Waals surface area contributed by atoms with Crippen molar-refractivity contribution in [2.45, 2.75) is 37.9 Å². The largest absolute Gasteiger partial charge is 0.345 e. The van der Waals surface area contributed by atoms with Crippen molar-refractivity contribution in [3.8, 4) is 33.9 Å². The number of carbonyl (C=O) groups excluding carboxylic acids is 1. The van der Waals surface area contributed by atoms with Crippen LogP contribution in [0.2, 0.25) is 0 Å².